The second-order valence-corrected chi connectivity index (χ2v) is 3.48. The van der Waals surface area contributed by atoms with Crippen LogP contribution >= 0.6 is 0 Å². The number of ether oxygens (including phenoxy) is 1. The number of rotatable bonds is 4. The molecular weight excluding hydrogens is 208 g/mol. The zero-order chi connectivity index (χ0) is 12.1. The highest BCUT2D eigenvalue weighted by Crippen LogP contribution is 2.24. The van der Waals surface area contributed by atoms with Gasteiger partial charge in [-0.25, -0.2) is 0 Å². The largest absolute Gasteiger partial charge is 0.495 e. The number of nitrogens with one attached hydrogen (secondary N) is 1. The molecule has 0 saturated heterocycles. The fourth-order valence-corrected chi connectivity index (χ4v) is 1.27. The normalized spacial score (nSPS) is 11.9. The van der Waals surface area contributed by atoms with Gasteiger partial charge in [-0.05, 0) is 19.1 Å². The fourth-order valence-electron chi connectivity index (χ4n) is 1.27. The Morgan fingerprint density at radius 2 is 2.31 bits per heavy atom. The molecule has 0 saturated carbocycles. The van der Waals surface area contributed by atoms with Crippen molar-refractivity contribution in [2.45, 2.75) is 13.0 Å². The van der Waals surface area contributed by atoms with Crippen molar-refractivity contribution in [3.8, 4) is 5.75 Å². The minimum atomic E-state index is -0.321. The summed E-state index contributed by atoms with van der Waals surface area (Å²) in [4.78, 5) is 11.7. The molecule has 0 fully saturated rings. The van der Waals surface area contributed by atoms with E-state index in [0.717, 1.165) is 0 Å². The summed E-state index contributed by atoms with van der Waals surface area (Å²) in [5, 5.41) is 11.4. The van der Waals surface area contributed by atoms with Crippen LogP contribution < -0.4 is 15.8 Å². The standard InChI is InChI=1S/C11H16N2O3/c1-7(6-14)13-11(15)8-4-3-5-9(16-2)10(8)12/h3-5,7,14H,6,12H2,1-2H3,(H,13,15)/t7-/m0/s1. The molecule has 16 heavy (non-hydrogen) atoms. The van der Waals surface area contributed by atoms with Crippen LogP contribution in [0.4, 0.5) is 5.69 Å². The molecule has 1 amide bonds. The Hall–Kier alpha value is -1.75. The third-order valence-corrected chi connectivity index (χ3v) is 2.18. The monoisotopic (exact) mass is 224 g/mol. The van der Waals surface area contributed by atoms with Gasteiger partial charge in [0.15, 0.2) is 0 Å². The number of nitrogens with two attached hydrogens (primary N) is 1. The predicted molar refractivity (Wildman–Crippen MR) is 61.4 cm³/mol. The van der Waals surface area contributed by atoms with Gasteiger partial charge in [-0.1, -0.05) is 6.07 Å². The van der Waals surface area contributed by atoms with Crippen LogP contribution in [0.5, 0.6) is 5.75 Å². The van der Waals surface area contributed by atoms with Crippen molar-refractivity contribution in [3.63, 3.8) is 0 Å². The average Bonchev–Trinajstić information content (AvgIpc) is 2.29. The lowest BCUT2D eigenvalue weighted by Crippen LogP contribution is -2.35. The van der Waals surface area contributed by atoms with Crippen molar-refractivity contribution in [3.05, 3.63) is 23.8 Å². The first-order valence-electron chi connectivity index (χ1n) is 4.94. The van der Waals surface area contributed by atoms with E-state index in [0.29, 0.717) is 17.0 Å². The average molecular weight is 224 g/mol. The smallest absolute Gasteiger partial charge is 0.253 e. The Labute approximate surface area is 94.2 Å². The number of carbonyl (C=O) groups is 1. The molecule has 88 valence electrons. The van der Waals surface area contributed by atoms with E-state index in [-0.39, 0.29) is 18.6 Å². The van der Waals surface area contributed by atoms with E-state index in [9.17, 15) is 4.79 Å². The van der Waals surface area contributed by atoms with Crippen LogP contribution in [0.15, 0.2) is 18.2 Å². The number of methoxy groups -OCH3 is 1. The lowest BCUT2D eigenvalue weighted by Gasteiger charge is -2.13. The number of hydrogen-bond donors (Lipinski definition) is 3. The van der Waals surface area contributed by atoms with Crippen LogP contribution in [0.2, 0.25) is 0 Å². The molecule has 0 aliphatic rings. The third-order valence-electron chi connectivity index (χ3n) is 2.18. The second-order valence-electron chi connectivity index (χ2n) is 3.48. The Kier molecular flexibility index (Phi) is 4.13. The SMILES string of the molecule is COc1cccc(C(=O)N[C@@H](C)CO)c1N. The van der Waals surface area contributed by atoms with Crippen LogP contribution in [-0.2, 0) is 0 Å². The van der Waals surface area contributed by atoms with Crippen molar-refractivity contribution in [1.29, 1.82) is 0 Å². The van der Waals surface area contributed by atoms with Gasteiger partial charge >= 0.3 is 0 Å². The van der Waals surface area contributed by atoms with Crippen LogP contribution in [0.1, 0.15) is 17.3 Å². The first-order chi connectivity index (χ1) is 7.60. The van der Waals surface area contributed by atoms with Gasteiger partial charge in [0, 0.05) is 6.04 Å². The Morgan fingerprint density at radius 1 is 1.62 bits per heavy atom. The van der Waals surface area contributed by atoms with E-state index in [1.165, 1.54) is 7.11 Å². The molecule has 1 atom stereocenters. The molecule has 0 aliphatic carbocycles. The molecule has 1 aromatic carbocycles. The Balaban J connectivity index is 2.91. The summed E-state index contributed by atoms with van der Waals surface area (Å²) < 4.78 is 5.01. The van der Waals surface area contributed by atoms with Crippen molar-refractivity contribution >= 4 is 11.6 Å². The molecule has 0 aliphatic heterocycles. The van der Waals surface area contributed by atoms with Gasteiger partial charge in [0.25, 0.3) is 5.91 Å². The number of aliphatic hydroxyl groups is 1. The summed E-state index contributed by atoms with van der Waals surface area (Å²) in [6, 6.07) is 4.67. The Bertz CT molecular complexity index is 379. The highest BCUT2D eigenvalue weighted by molar-refractivity contribution is 6.00. The van der Waals surface area contributed by atoms with Gasteiger partial charge in [0.05, 0.1) is 25.0 Å². The van der Waals surface area contributed by atoms with Gasteiger partial charge in [0.2, 0.25) is 0 Å². The van der Waals surface area contributed by atoms with Crippen molar-refractivity contribution in [2.75, 3.05) is 19.5 Å². The number of benzene rings is 1. The van der Waals surface area contributed by atoms with Crippen LogP contribution in [0.3, 0.4) is 0 Å². The van der Waals surface area contributed by atoms with E-state index < -0.39 is 0 Å². The summed E-state index contributed by atoms with van der Waals surface area (Å²) in [6.45, 7) is 1.59. The number of nitrogen functional groups attached to an aromatic ring is 1. The molecule has 5 heteroatoms. The van der Waals surface area contributed by atoms with Gasteiger partial charge in [-0.3, -0.25) is 4.79 Å². The van der Waals surface area contributed by atoms with Crippen LogP contribution in [0.25, 0.3) is 0 Å². The first-order valence-corrected chi connectivity index (χ1v) is 4.94. The van der Waals surface area contributed by atoms with Crippen LogP contribution in [-0.4, -0.2) is 30.8 Å². The van der Waals surface area contributed by atoms with E-state index in [1.807, 2.05) is 0 Å². The molecule has 0 bridgehead atoms. The molecule has 4 N–H and O–H groups in total. The van der Waals surface area contributed by atoms with E-state index in [2.05, 4.69) is 5.32 Å². The molecule has 5 nitrogen and oxygen atoms in total. The lowest BCUT2D eigenvalue weighted by molar-refractivity contribution is 0.0923. The molecular formula is C11H16N2O3. The summed E-state index contributed by atoms with van der Waals surface area (Å²) in [5.41, 5.74) is 6.41. The molecule has 0 radical (unpaired) electrons. The zero-order valence-electron chi connectivity index (χ0n) is 9.36. The molecule has 1 aromatic rings. The maximum Gasteiger partial charge on any atom is 0.253 e. The highest BCUT2D eigenvalue weighted by atomic mass is 16.5. The first kappa shape index (κ1) is 12.3. The van der Waals surface area contributed by atoms with E-state index in [1.54, 1.807) is 25.1 Å². The number of anilines is 1. The highest BCUT2D eigenvalue weighted by Gasteiger charge is 2.14. The number of carbonyl (C=O) groups excluding carboxylic acids is 1. The minimum Gasteiger partial charge on any atom is -0.495 e. The number of amides is 1. The maximum absolute atomic E-state index is 11.7. The molecule has 0 heterocycles. The molecule has 0 spiro atoms. The predicted octanol–water partition coefficient (Wildman–Crippen LogP) is 0.388. The lowest BCUT2D eigenvalue weighted by atomic mass is 10.1. The van der Waals surface area contributed by atoms with Crippen LogP contribution in [0, 0.1) is 0 Å². The van der Waals surface area contributed by atoms with Gasteiger partial charge < -0.3 is 20.9 Å². The topological polar surface area (TPSA) is 84.6 Å². The second kappa shape index (κ2) is 5.37. The van der Waals surface area contributed by atoms with E-state index >= 15 is 0 Å². The third kappa shape index (κ3) is 2.64. The number of hydrogen-bond acceptors (Lipinski definition) is 4. The summed E-state index contributed by atoms with van der Waals surface area (Å²) in [6.07, 6.45) is 0. The Morgan fingerprint density at radius 3 is 2.88 bits per heavy atom. The summed E-state index contributed by atoms with van der Waals surface area (Å²) >= 11 is 0. The zero-order valence-corrected chi connectivity index (χ0v) is 9.36. The number of para-hydroxylation sites is 1. The quantitative estimate of drug-likeness (QED) is 0.646. The summed E-state index contributed by atoms with van der Waals surface area (Å²) in [5.74, 6) is 0.141. The minimum absolute atomic E-state index is 0.115. The van der Waals surface area contributed by atoms with Gasteiger partial charge in [-0.2, -0.15) is 0 Å². The van der Waals surface area contributed by atoms with Gasteiger partial charge in [0.1, 0.15) is 5.75 Å². The summed E-state index contributed by atoms with van der Waals surface area (Å²) in [7, 11) is 1.49. The molecule has 0 aromatic heterocycles. The fraction of sp³-hybridized carbons (Fsp3) is 0.364. The van der Waals surface area contributed by atoms with Gasteiger partial charge in [-0.15, -0.1) is 0 Å². The molecule has 0 unspecified atom stereocenters. The molecule has 1 rings (SSSR count). The van der Waals surface area contributed by atoms with E-state index in [4.69, 9.17) is 15.6 Å². The number of aliphatic hydroxyl groups excluding tert-OH is 1. The van der Waals surface area contributed by atoms with Crippen molar-refractivity contribution < 1.29 is 14.6 Å². The van der Waals surface area contributed by atoms with Crippen molar-refractivity contribution in [2.24, 2.45) is 0 Å². The maximum atomic E-state index is 11.7. The van der Waals surface area contributed by atoms with Crippen molar-refractivity contribution in [1.82, 2.24) is 5.32 Å².